The minimum absolute atomic E-state index is 0.0503. The summed E-state index contributed by atoms with van der Waals surface area (Å²) < 4.78 is 13.7. The molecule has 2 heterocycles. The summed E-state index contributed by atoms with van der Waals surface area (Å²) >= 11 is 1.41. The molecule has 1 N–H and O–H groups in total. The van der Waals surface area contributed by atoms with E-state index in [0.717, 1.165) is 0 Å². The van der Waals surface area contributed by atoms with Gasteiger partial charge in [-0.05, 0) is 36.4 Å². The number of piperidine rings is 1. The van der Waals surface area contributed by atoms with Crippen LogP contribution in [0.5, 0.6) is 0 Å². The van der Waals surface area contributed by atoms with Crippen LogP contribution in [0.1, 0.15) is 32.9 Å². The van der Waals surface area contributed by atoms with E-state index in [9.17, 15) is 14.0 Å². The summed E-state index contributed by atoms with van der Waals surface area (Å²) in [7, 11) is 0. The molecule has 1 aromatic heterocycles. The Labute approximate surface area is 137 Å². The molecule has 0 aliphatic carbocycles. The Morgan fingerprint density at radius 1 is 1.13 bits per heavy atom. The molecule has 6 heteroatoms. The van der Waals surface area contributed by atoms with Gasteiger partial charge < -0.3 is 10.2 Å². The van der Waals surface area contributed by atoms with Crippen LogP contribution in [0.25, 0.3) is 0 Å². The van der Waals surface area contributed by atoms with Gasteiger partial charge in [-0.2, -0.15) is 0 Å². The molecule has 0 unspecified atom stereocenters. The number of halogens is 1. The van der Waals surface area contributed by atoms with Gasteiger partial charge in [0.25, 0.3) is 11.8 Å². The molecule has 3 rings (SSSR count). The summed E-state index contributed by atoms with van der Waals surface area (Å²) in [5.74, 6) is -0.851. The Morgan fingerprint density at radius 2 is 1.87 bits per heavy atom. The number of likely N-dealkylation sites (tertiary alicyclic amines) is 1. The predicted octanol–water partition coefficient (Wildman–Crippen LogP) is 2.92. The average molecular weight is 332 g/mol. The second kappa shape index (κ2) is 6.91. The minimum atomic E-state index is -0.495. The van der Waals surface area contributed by atoms with Crippen molar-refractivity contribution in [2.45, 2.75) is 18.9 Å². The lowest BCUT2D eigenvalue weighted by atomic mass is 10.0. The summed E-state index contributed by atoms with van der Waals surface area (Å²) in [6.07, 6.45) is 1.36. The Balaban J connectivity index is 1.55. The first-order chi connectivity index (χ1) is 11.1. The molecule has 1 fully saturated rings. The molecule has 0 atom stereocenters. The van der Waals surface area contributed by atoms with Crippen molar-refractivity contribution < 1.29 is 14.0 Å². The Morgan fingerprint density at radius 3 is 2.52 bits per heavy atom. The summed E-state index contributed by atoms with van der Waals surface area (Å²) in [6.45, 7) is 1.03. The number of hydrogen-bond donors (Lipinski definition) is 1. The van der Waals surface area contributed by atoms with Crippen LogP contribution < -0.4 is 5.32 Å². The number of carbonyl (C=O) groups is 2. The number of nitrogens with zero attached hydrogens (tertiary/aromatic N) is 1. The third-order valence-electron chi connectivity index (χ3n) is 3.97. The fourth-order valence-electron chi connectivity index (χ4n) is 2.70. The first-order valence-electron chi connectivity index (χ1n) is 7.53. The molecule has 1 aromatic carbocycles. The van der Waals surface area contributed by atoms with E-state index < -0.39 is 5.82 Å². The van der Waals surface area contributed by atoms with Crippen LogP contribution in [0.2, 0.25) is 0 Å². The SMILES string of the molecule is O=C(NC1CCN(C(=O)c2ccccc2F)CC1)c1cccs1. The lowest BCUT2D eigenvalue weighted by molar-refractivity contribution is 0.0694. The molecule has 1 saturated heterocycles. The monoisotopic (exact) mass is 332 g/mol. The van der Waals surface area contributed by atoms with Crippen molar-refractivity contribution in [1.82, 2.24) is 10.2 Å². The third-order valence-corrected chi connectivity index (χ3v) is 4.84. The van der Waals surface area contributed by atoms with Gasteiger partial charge in [-0.3, -0.25) is 9.59 Å². The molecular formula is C17H17FN2O2S. The topological polar surface area (TPSA) is 49.4 Å². The number of carbonyl (C=O) groups excluding carboxylic acids is 2. The molecule has 2 aromatic rings. The van der Waals surface area contributed by atoms with Crippen LogP contribution in [0.15, 0.2) is 41.8 Å². The molecule has 0 spiro atoms. The van der Waals surface area contributed by atoms with Crippen molar-refractivity contribution in [3.63, 3.8) is 0 Å². The van der Waals surface area contributed by atoms with Crippen LogP contribution in [-0.4, -0.2) is 35.8 Å². The number of hydrogen-bond acceptors (Lipinski definition) is 3. The number of benzene rings is 1. The zero-order chi connectivity index (χ0) is 16.2. The van der Waals surface area contributed by atoms with Crippen LogP contribution >= 0.6 is 11.3 Å². The van der Waals surface area contributed by atoms with Gasteiger partial charge in [0.05, 0.1) is 10.4 Å². The maximum Gasteiger partial charge on any atom is 0.261 e. The molecule has 1 aliphatic rings. The molecule has 0 bridgehead atoms. The van der Waals surface area contributed by atoms with E-state index in [0.29, 0.717) is 30.8 Å². The fourth-order valence-corrected chi connectivity index (χ4v) is 3.32. The predicted molar refractivity (Wildman–Crippen MR) is 87.1 cm³/mol. The lowest BCUT2D eigenvalue weighted by Gasteiger charge is -2.32. The van der Waals surface area contributed by atoms with Gasteiger partial charge in [0, 0.05) is 19.1 Å². The van der Waals surface area contributed by atoms with Crippen molar-refractivity contribution in [1.29, 1.82) is 0 Å². The number of nitrogens with one attached hydrogen (secondary N) is 1. The van der Waals surface area contributed by atoms with E-state index in [1.54, 1.807) is 23.1 Å². The van der Waals surface area contributed by atoms with Crippen molar-refractivity contribution in [2.75, 3.05) is 13.1 Å². The van der Waals surface area contributed by atoms with E-state index in [2.05, 4.69) is 5.32 Å². The Hall–Kier alpha value is -2.21. The van der Waals surface area contributed by atoms with Crippen LogP contribution in [0.3, 0.4) is 0 Å². The zero-order valence-electron chi connectivity index (χ0n) is 12.5. The van der Waals surface area contributed by atoms with Gasteiger partial charge in [-0.1, -0.05) is 18.2 Å². The molecular weight excluding hydrogens is 315 g/mol. The highest BCUT2D eigenvalue weighted by atomic mass is 32.1. The summed E-state index contributed by atoms with van der Waals surface area (Å²) in [5, 5.41) is 4.86. The average Bonchev–Trinajstić information content (AvgIpc) is 3.10. The molecule has 120 valence electrons. The van der Waals surface area contributed by atoms with Crippen LogP contribution in [-0.2, 0) is 0 Å². The molecule has 1 aliphatic heterocycles. The van der Waals surface area contributed by atoms with Crippen molar-refractivity contribution in [2.24, 2.45) is 0 Å². The van der Waals surface area contributed by atoms with E-state index in [1.165, 1.54) is 23.5 Å². The van der Waals surface area contributed by atoms with E-state index in [-0.39, 0.29) is 23.4 Å². The second-order valence-corrected chi connectivity index (χ2v) is 6.44. The quantitative estimate of drug-likeness (QED) is 0.939. The highest BCUT2D eigenvalue weighted by Gasteiger charge is 2.26. The highest BCUT2D eigenvalue weighted by Crippen LogP contribution is 2.17. The van der Waals surface area contributed by atoms with Gasteiger partial charge in [-0.25, -0.2) is 4.39 Å². The number of thiophene rings is 1. The number of amides is 2. The molecule has 2 amide bonds. The first-order valence-corrected chi connectivity index (χ1v) is 8.41. The van der Waals surface area contributed by atoms with E-state index in [4.69, 9.17) is 0 Å². The molecule has 4 nitrogen and oxygen atoms in total. The molecule has 0 saturated carbocycles. The molecule has 23 heavy (non-hydrogen) atoms. The van der Waals surface area contributed by atoms with E-state index in [1.807, 2.05) is 11.4 Å². The summed E-state index contributed by atoms with van der Waals surface area (Å²) in [6, 6.07) is 9.70. The maximum absolute atomic E-state index is 13.7. The molecule has 0 radical (unpaired) electrons. The Kier molecular flexibility index (Phi) is 4.71. The third kappa shape index (κ3) is 3.59. The fraction of sp³-hybridized carbons (Fsp3) is 0.294. The van der Waals surface area contributed by atoms with Crippen molar-refractivity contribution >= 4 is 23.2 Å². The lowest BCUT2D eigenvalue weighted by Crippen LogP contribution is -2.46. The first kappa shape index (κ1) is 15.7. The van der Waals surface area contributed by atoms with Gasteiger partial charge in [0.1, 0.15) is 5.82 Å². The van der Waals surface area contributed by atoms with Crippen LogP contribution in [0, 0.1) is 5.82 Å². The zero-order valence-corrected chi connectivity index (χ0v) is 13.3. The van der Waals surface area contributed by atoms with Gasteiger partial charge in [-0.15, -0.1) is 11.3 Å². The standard InChI is InChI=1S/C17H17FN2O2S/c18-14-5-2-1-4-13(14)17(22)20-9-7-12(8-10-20)19-16(21)15-6-3-11-23-15/h1-6,11-12H,7-10H2,(H,19,21). The normalized spacial score (nSPS) is 15.4. The van der Waals surface area contributed by atoms with E-state index >= 15 is 0 Å². The maximum atomic E-state index is 13.7. The number of rotatable bonds is 3. The smallest absolute Gasteiger partial charge is 0.261 e. The summed E-state index contributed by atoms with van der Waals surface area (Å²) in [5.41, 5.74) is 0.105. The van der Waals surface area contributed by atoms with Crippen molar-refractivity contribution in [3.8, 4) is 0 Å². The van der Waals surface area contributed by atoms with Gasteiger partial charge in [0.2, 0.25) is 0 Å². The minimum Gasteiger partial charge on any atom is -0.348 e. The largest absolute Gasteiger partial charge is 0.348 e. The van der Waals surface area contributed by atoms with Crippen molar-refractivity contribution in [3.05, 3.63) is 58.0 Å². The van der Waals surface area contributed by atoms with Gasteiger partial charge in [0.15, 0.2) is 0 Å². The second-order valence-electron chi connectivity index (χ2n) is 5.50. The van der Waals surface area contributed by atoms with Crippen LogP contribution in [0.4, 0.5) is 4.39 Å². The highest BCUT2D eigenvalue weighted by molar-refractivity contribution is 7.12. The van der Waals surface area contributed by atoms with Gasteiger partial charge >= 0.3 is 0 Å². The summed E-state index contributed by atoms with van der Waals surface area (Å²) in [4.78, 5) is 26.7. The Bertz CT molecular complexity index is 694.